The van der Waals surface area contributed by atoms with Gasteiger partial charge in [-0.05, 0) is 55.7 Å². The standard InChI is InChI=1S/C15H19ClO3/c1-8-11(6-13(16)9(2)15(8)19-3)12(7-14(17)18)10-4-5-10/h6,10,12H,4-5,7H2,1-3H3,(H,17,18). The third-order valence-electron chi connectivity index (χ3n) is 3.94. The fourth-order valence-corrected chi connectivity index (χ4v) is 2.99. The van der Waals surface area contributed by atoms with Crippen LogP contribution in [0.4, 0.5) is 0 Å². The number of hydrogen-bond donors (Lipinski definition) is 1. The molecule has 4 heteroatoms. The molecule has 3 nitrogen and oxygen atoms in total. The fraction of sp³-hybridized carbons (Fsp3) is 0.533. The summed E-state index contributed by atoms with van der Waals surface area (Å²) >= 11 is 6.25. The summed E-state index contributed by atoms with van der Waals surface area (Å²) in [6.07, 6.45) is 2.37. The number of ether oxygens (including phenoxy) is 1. The van der Waals surface area contributed by atoms with E-state index < -0.39 is 5.97 Å². The molecule has 0 radical (unpaired) electrons. The molecule has 1 aliphatic carbocycles. The molecule has 0 saturated heterocycles. The maximum absolute atomic E-state index is 11.1. The van der Waals surface area contributed by atoms with E-state index in [2.05, 4.69) is 0 Å². The summed E-state index contributed by atoms with van der Waals surface area (Å²) in [5.41, 5.74) is 2.95. The highest BCUT2D eigenvalue weighted by Crippen LogP contribution is 2.47. The van der Waals surface area contributed by atoms with Gasteiger partial charge in [-0.25, -0.2) is 0 Å². The van der Waals surface area contributed by atoms with Gasteiger partial charge in [0.1, 0.15) is 5.75 Å². The van der Waals surface area contributed by atoms with E-state index in [9.17, 15) is 4.79 Å². The average Bonchev–Trinajstić information content (AvgIpc) is 3.16. The van der Waals surface area contributed by atoms with Crippen LogP contribution in [-0.2, 0) is 4.79 Å². The van der Waals surface area contributed by atoms with Gasteiger partial charge in [0.05, 0.1) is 13.5 Å². The second kappa shape index (κ2) is 5.41. The first-order valence-electron chi connectivity index (χ1n) is 6.51. The molecule has 0 amide bonds. The van der Waals surface area contributed by atoms with Gasteiger partial charge in [-0.1, -0.05) is 11.6 Å². The summed E-state index contributed by atoms with van der Waals surface area (Å²) in [5, 5.41) is 9.75. The number of hydrogen-bond acceptors (Lipinski definition) is 2. The maximum Gasteiger partial charge on any atom is 0.303 e. The van der Waals surface area contributed by atoms with Crippen LogP contribution in [0.3, 0.4) is 0 Å². The zero-order valence-corrected chi connectivity index (χ0v) is 12.3. The highest BCUT2D eigenvalue weighted by atomic mass is 35.5. The largest absolute Gasteiger partial charge is 0.496 e. The molecular weight excluding hydrogens is 264 g/mol. The Hall–Kier alpha value is -1.22. The molecule has 1 unspecified atom stereocenters. The van der Waals surface area contributed by atoms with Crippen molar-refractivity contribution < 1.29 is 14.6 Å². The van der Waals surface area contributed by atoms with E-state index in [0.29, 0.717) is 10.9 Å². The minimum Gasteiger partial charge on any atom is -0.496 e. The number of carboxylic acid groups (broad SMARTS) is 1. The Bertz CT molecular complexity index is 507. The Balaban J connectivity index is 2.47. The van der Waals surface area contributed by atoms with E-state index >= 15 is 0 Å². The lowest BCUT2D eigenvalue weighted by atomic mass is 9.87. The normalized spacial score (nSPS) is 16.2. The van der Waals surface area contributed by atoms with Gasteiger partial charge >= 0.3 is 5.97 Å². The molecule has 1 saturated carbocycles. The zero-order valence-electron chi connectivity index (χ0n) is 11.5. The van der Waals surface area contributed by atoms with Crippen molar-refractivity contribution in [3.05, 3.63) is 27.8 Å². The quantitative estimate of drug-likeness (QED) is 0.890. The van der Waals surface area contributed by atoms with Crippen molar-refractivity contribution in [2.45, 2.75) is 39.0 Å². The van der Waals surface area contributed by atoms with E-state index in [4.69, 9.17) is 21.4 Å². The van der Waals surface area contributed by atoms with Gasteiger partial charge < -0.3 is 9.84 Å². The maximum atomic E-state index is 11.1. The van der Waals surface area contributed by atoms with E-state index in [0.717, 1.165) is 35.3 Å². The van der Waals surface area contributed by atoms with Crippen molar-refractivity contribution in [1.82, 2.24) is 0 Å². The van der Waals surface area contributed by atoms with Crippen molar-refractivity contribution in [2.24, 2.45) is 5.92 Å². The van der Waals surface area contributed by atoms with Gasteiger partial charge in [-0.15, -0.1) is 0 Å². The topological polar surface area (TPSA) is 46.5 Å². The summed E-state index contributed by atoms with van der Waals surface area (Å²) in [6, 6.07) is 1.92. The monoisotopic (exact) mass is 282 g/mol. The minimum atomic E-state index is -0.757. The smallest absolute Gasteiger partial charge is 0.303 e. The SMILES string of the molecule is COc1c(C)c(Cl)cc(C(CC(=O)O)C2CC2)c1C. The van der Waals surface area contributed by atoms with Crippen molar-refractivity contribution in [3.63, 3.8) is 0 Å². The van der Waals surface area contributed by atoms with Crippen molar-refractivity contribution in [2.75, 3.05) is 7.11 Å². The Morgan fingerprint density at radius 3 is 2.58 bits per heavy atom. The molecule has 1 atom stereocenters. The van der Waals surface area contributed by atoms with Crippen LogP contribution in [0.5, 0.6) is 5.75 Å². The zero-order chi connectivity index (χ0) is 14.2. The summed E-state index contributed by atoms with van der Waals surface area (Å²) in [4.78, 5) is 11.1. The molecule has 1 aliphatic rings. The molecule has 2 rings (SSSR count). The highest BCUT2D eigenvalue weighted by Gasteiger charge is 2.35. The summed E-state index contributed by atoms with van der Waals surface area (Å²) < 4.78 is 5.42. The van der Waals surface area contributed by atoms with Gasteiger partial charge in [-0.2, -0.15) is 0 Å². The van der Waals surface area contributed by atoms with Gasteiger partial charge in [0.25, 0.3) is 0 Å². The number of aliphatic carboxylic acids is 1. The fourth-order valence-electron chi connectivity index (χ4n) is 2.78. The first kappa shape index (κ1) is 14.2. The lowest BCUT2D eigenvalue weighted by Gasteiger charge is -2.21. The molecule has 104 valence electrons. The van der Waals surface area contributed by atoms with Crippen LogP contribution in [0.1, 0.15) is 41.9 Å². The van der Waals surface area contributed by atoms with E-state index in [1.807, 2.05) is 19.9 Å². The van der Waals surface area contributed by atoms with E-state index in [1.165, 1.54) is 0 Å². The number of carbonyl (C=O) groups is 1. The summed E-state index contributed by atoms with van der Waals surface area (Å²) in [6.45, 7) is 3.90. The lowest BCUT2D eigenvalue weighted by Crippen LogP contribution is -2.11. The van der Waals surface area contributed by atoms with Crippen LogP contribution in [0.25, 0.3) is 0 Å². The second-order valence-electron chi connectivity index (χ2n) is 5.27. The van der Waals surface area contributed by atoms with Gasteiger partial charge in [0.2, 0.25) is 0 Å². The van der Waals surface area contributed by atoms with Crippen molar-refractivity contribution in [1.29, 1.82) is 0 Å². The predicted molar refractivity (Wildman–Crippen MR) is 75.2 cm³/mol. The first-order valence-corrected chi connectivity index (χ1v) is 6.88. The molecule has 1 aromatic carbocycles. The molecule has 0 aliphatic heterocycles. The predicted octanol–water partition coefficient (Wildman–Crippen LogP) is 3.93. The Kier molecular flexibility index (Phi) is 4.04. The van der Waals surface area contributed by atoms with Crippen molar-refractivity contribution in [3.8, 4) is 5.75 Å². The number of rotatable bonds is 5. The van der Waals surface area contributed by atoms with Crippen LogP contribution in [0, 0.1) is 19.8 Å². The molecule has 0 aromatic heterocycles. The number of halogens is 1. The molecule has 1 aromatic rings. The van der Waals surface area contributed by atoms with E-state index in [1.54, 1.807) is 7.11 Å². The van der Waals surface area contributed by atoms with Gasteiger partial charge in [-0.3, -0.25) is 4.79 Å². The third kappa shape index (κ3) is 2.86. The lowest BCUT2D eigenvalue weighted by molar-refractivity contribution is -0.137. The van der Waals surface area contributed by atoms with Gasteiger partial charge in [0.15, 0.2) is 0 Å². The Labute approximate surface area is 118 Å². The van der Waals surface area contributed by atoms with Crippen LogP contribution in [-0.4, -0.2) is 18.2 Å². The van der Waals surface area contributed by atoms with E-state index in [-0.39, 0.29) is 12.3 Å². The van der Waals surface area contributed by atoms with Crippen molar-refractivity contribution >= 4 is 17.6 Å². The molecule has 0 heterocycles. The number of benzene rings is 1. The minimum absolute atomic E-state index is 0.0458. The Morgan fingerprint density at radius 2 is 2.11 bits per heavy atom. The molecule has 0 spiro atoms. The van der Waals surface area contributed by atoms with Gasteiger partial charge in [0, 0.05) is 10.6 Å². The third-order valence-corrected chi connectivity index (χ3v) is 4.34. The first-order chi connectivity index (χ1) is 8.95. The van der Waals surface area contributed by atoms with Crippen LogP contribution in [0.15, 0.2) is 6.07 Å². The summed E-state index contributed by atoms with van der Waals surface area (Å²) in [7, 11) is 1.62. The van der Waals surface area contributed by atoms with Crippen LogP contribution < -0.4 is 4.74 Å². The molecular formula is C15H19ClO3. The van der Waals surface area contributed by atoms with Crippen LogP contribution >= 0.6 is 11.6 Å². The molecule has 0 bridgehead atoms. The number of methoxy groups -OCH3 is 1. The summed E-state index contributed by atoms with van der Waals surface area (Å²) in [5.74, 6) is 0.535. The second-order valence-corrected chi connectivity index (χ2v) is 5.68. The highest BCUT2D eigenvalue weighted by molar-refractivity contribution is 6.31. The molecule has 19 heavy (non-hydrogen) atoms. The number of carboxylic acids is 1. The molecule has 1 N–H and O–H groups in total. The molecule has 1 fully saturated rings. The van der Waals surface area contributed by atoms with Crippen LogP contribution in [0.2, 0.25) is 5.02 Å². The Morgan fingerprint density at radius 1 is 1.47 bits per heavy atom. The average molecular weight is 283 g/mol.